The minimum Gasteiger partial charge on any atom is -0.494 e. The Morgan fingerprint density at radius 3 is 2.69 bits per heavy atom. The number of hydrogen-bond acceptors (Lipinski definition) is 8. The van der Waals surface area contributed by atoms with Gasteiger partial charge in [-0.15, -0.1) is 11.3 Å². The summed E-state index contributed by atoms with van der Waals surface area (Å²) in [6.45, 7) is 5.39. The lowest BCUT2D eigenvalue weighted by atomic mass is 9.99. The topological polar surface area (TPSA) is 103 Å². The van der Waals surface area contributed by atoms with Crippen molar-refractivity contribution < 1.29 is 14.7 Å². The molecule has 0 aromatic carbocycles. The third-order valence-corrected chi connectivity index (χ3v) is 7.08. The van der Waals surface area contributed by atoms with Crippen LogP contribution in [0.25, 0.3) is 6.08 Å². The summed E-state index contributed by atoms with van der Waals surface area (Å²) in [5.41, 5.74) is -0.718. The average molecular weight is 488 g/mol. The maximum Gasteiger partial charge on any atom is 0.271 e. The summed E-state index contributed by atoms with van der Waals surface area (Å²) in [7, 11) is 0. The van der Waals surface area contributed by atoms with Crippen LogP contribution in [0.15, 0.2) is 27.2 Å². The second-order valence-corrected chi connectivity index (χ2v) is 10.3. The predicted octanol–water partition coefficient (Wildman–Crippen LogP) is 3.93. The molecule has 2 aromatic rings. The molecule has 2 aromatic heterocycles. The molecular formula is C22H21N3O4S3. The van der Waals surface area contributed by atoms with E-state index >= 15 is 0 Å². The van der Waals surface area contributed by atoms with Crippen LogP contribution in [0.5, 0.6) is 5.88 Å². The standard InChI is InChI=1S/C22H21N3O4S3/c1-12(2)11-25-19(27)15(10-23)13(3)18(21(25)29)16(26)6-7-24-20(28)17(32-22(24)30)9-14-5-4-8-31-14/h4-5,8-9,12,29H,6-7,11H2,1-3H3/b17-9-. The molecule has 166 valence electrons. The number of thiophene rings is 1. The molecule has 1 aliphatic rings. The summed E-state index contributed by atoms with van der Waals surface area (Å²) in [5, 5.41) is 22.0. The molecule has 7 nitrogen and oxygen atoms in total. The van der Waals surface area contributed by atoms with Gasteiger partial charge in [0.05, 0.1) is 10.5 Å². The zero-order valence-corrected chi connectivity index (χ0v) is 20.2. The number of carbonyl (C=O) groups excluding carboxylic acids is 2. The molecule has 1 N–H and O–H groups in total. The zero-order valence-electron chi connectivity index (χ0n) is 17.7. The van der Waals surface area contributed by atoms with E-state index in [9.17, 15) is 24.8 Å². The Morgan fingerprint density at radius 1 is 1.38 bits per heavy atom. The number of hydrogen-bond donors (Lipinski definition) is 1. The number of nitriles is 1. The van der Waals surface area contributed by atoms with Gasteiger partial charge in [0.25, 0.3) is 11.5 Å². The van der Waals surface area contributed by atoms with Gasteiger partial charge in [-0.1, -0.05) is 43.9 Å². The Balaban J connectivity index is 1.85. The van der Waals surface area contributed by atoms with E-state index in [0.717, 1.165) is 9.44 Å². The van der Waals surface area contributed by atoms with E-state index in [0.29, 0.717) is 9.23 Å². The van der Waals surface area contributed by atoms with E-state index in [1.807, 2.05) is 37.4 Å². The first-order valence-electron chi connectivity index (χ1n) is 9.84. The highest BCUT2D eigenvalue weighted by Gasteiger charge is 2.33. The predicted molar refractivity (Wildman–Crippen MR) is 130 cm³/mol. The Labute approximate surface area is 199 Å². The van der Waals surface area contributed by atoms with Crippen molar-refractivity contribution >= 4 is 57.4 Å². The molecule has 3 rings (SSSR count). The van der Waals surface area contributed by atoms with Gasteiger partial charge in [0.2, 0.25) is 5.88 Å². The monoisotopic (exact) mass is 487 g/mol. The SMILES string of the molecule is Cc1c(C(=O)CCN2C(=O)/C(=C/c3cccs3)SC2=S)c(O)n(CC(C)C)c(=O)c1C#N. The number of pyridine rings is 1. The number of thiocarbonyl (C=S) groups is 1. The highest BCUT2D eigenvalue weighted by molar-refractivity contribution is 8.26. The Morgan fingerprint density at radius 2 is 2.09 bits per heavy atom. The van der Waals surface area contributed by atoms with Crippen LogP contribution in [0.4, 0.5) is 0 Å². The maximum atomic E-state index is 13.0. The Hall–Kier alpha value is -2.74. The molecule has 32 heavy (non-hydrogen) atoms. The zero-order chi connectivity index (χ0) is 23.6. The van der Waals surface area contributed by atoms with E-state index in [1.54, 1.807) is 6.08 Å². The van der Waals surface area contributed by atoms with E-state index in [-0.39, 0.29) is 48.0 Å². The van der Waals surface area contributed by atoms with Gasteiger partial charge in [0.1, 0.15) is 16.0 Å². The summed E-state index contributed by atoms with van der Waals surface area (Å²) in [5.74, 6) is -1.18. The number of aromatic hydroxyl groups is 1. The van der Waals surface area contributed by atoms with Crippen LogP contribution in [0.1, 0.15) is 46.6 Å². The highest BCUT2D eigenvalue weighted by atomic mass is 32.2. The first kappa shape index (κ1) is 23.9. The van der Waals surface area contributed by atoms with Gasteiger partial charge >= 0.3 is 0 Å². The van der Waals surface area contributed by atoms with Crippen molar-refractivity contribution in [3.63, 3.8) is 0 Å². The molecule has 0 unspecified atom stereocenters. The molecule has 1 fully saturated rings. The first-order chi connectivity index (χ1) is 15.1. The fourth-order valence-corrected chi connectivity index (χ4v) is 5.38. The lowest BCUT2D eigenvalue weighted by Crippen LogP contribution is -2.31. The van der Waals surface area contributed by atoms with Crippen molar-refractivity contribution in [3.05, 3.63) is 54.3 Å². The fraction of sp³-hybridized carbons (Fsp3) is 0.318. The number of thioether (sulfide) groups is 1. The summed E-state index contributed by atoms with van der Waals surface area (Å²) < 4.78 is 1.42. The molecule has 0 bridgehead atoms. The third kappa shape index (κ3) is 4.70. The summed E-state index contributed by atoms with van der Waals surface area (Å²) >= 11 is 8.00. The Bertz CT molecular complexity index is 1220. The molecule has 1 aliphatic heterocycles. The maximum absolute atomic E-state index is 13.0. The van der Waals surface area contributed by atoms with E-state index in [2.05, 4.69) is 0 Å². The van der Waals surface area contributed by atoms with Crippen LogP contribution in [0.3, 0.4) is 0 Å². The van der Waals surface area contributed by atoms with Gasteiger partial charge in [0, 0.05) is 24.4 Å². The van der Waals surface area contributed by atoms with Crippen LogP contribution in [-0.2, 0) is 11.3 Å². The van der Waals surface area contributed by atoms with Crippen molar-refractivity contribution in [1.29, 1.82) is 5.26 Å². The van der Waals surface area contributed by atoms with Gasteiger partial charge in [-0.2, -0.15) is 5.26 Å². The summed E-state index contributed by atoms with van der Waals surface area (Å²) in [4.78, 5) is 41.1. The number of carbonyl (C=O) groups is 2. The number of rotatable bonds is 7. The van der Waals surface area contributed by atoms with Gasteiger partial charge in [0.15, 0.2) is 5.78 Å². The minimum atomic E-state index is -0.622. The van der Waals surface area contributed by atoms with Crippen LogP contribution < -0.4 is 5.56 Å². The van der Waals surface area contributed by atoms with Crippen molar-refractivity contribution in [2.24, 2.45) is 5.92 Å². The molecule has 0 radical (unpaired) electrons. The van der Waals surface area contributed by atoms with Crippen LogP contribution >= 0.6 is 35.3 Å². The fourth-order valence-electron chi connectivity index (χ4n) is 3.35. The van der Waals surface area contributed by atoms with Crippen LogP contribution in [0, 0.1) is 24.2 Å². The number of nitrogens with zero attached hydrogens (tertiary/aromatic N) is 3. The molecular weight excluding hydrogens is 466 g/mol. The Kier molecular flexibility index (Phi) is 7.33. The van der Waals surface area contributed by atoms with Gasteiger partial charge in [-0.05, 0) is 35.9 Å². The molecule has 0 aliphatic carbocycles. The smallest absolute Gasteiger partial charge is 0.271 e. The number of ketones is 1. The van der Waals surface area contributed by atoms with Crippen molar-refractivity contribution in [2.45, 2.75) is 33.7 Å². The molecule has 0 saturated carbocycles. The molecule has 1 amide bonds. The highest BCUT2D eigenvalue weighted by Crippen LogP contribution is 2.33. The van der Waals surface area contributed by atoms with Gasteiger partial charge < -0.3 is 5.11 Å². The first-order valence-corrected chi connectivity index (χ1v) is 11.9. The molecule has 0 spiro atoms. The normalized spacial score (nSPS) is 15.1. The lowest BCUT2D eigenvalue weighted by molar-refractivity contribution is -0.122. The second-order valence-electron chi connectivity index (χ2n) is 7.64. The molecule has 1 saturated heterocycles. The quantitative estimate of drug-likeness (QED) is 0.359. The molecule has 0 atom stereocenters. The van der Waals surface area contributed by atoms with E-state index in [1.165, 1.54) is 34.9 Å². The van der Waals surface area contributed by atoms with E-state index in [4.69, 9.17) is 12.2 Å². The minimum absolute atomic E-state index is 0.0148. The molecule has 10 heteroatoms. The number of amides is 1. The number of aromatic nitrogens is 1. The average Bonchev–Trinajstić information content (AvgIpc) is 3.32. The largest absolute Gasteiger partial charge is 0.494 e. The van der Waals surface area contributed by atoms with Gasteiger partial charge in [-0.3, -0.25) is 23.9 Å². The summed E-state index contributed by atoms with van der Waals surface area (Å²) in [6.07, 6.45) is 1.65. The third-order valence-electron chi connectivity index (χ3n) is 4.88. The molecule has 3 heterocycles. The van der Waals surface area contributed by atoms with Crippen molar-refractivity contribution in [1.82, 2.24) is 9.47 Å². The van der Waals surface area contributed by atoms with Crippen LogP contribution in [0.2, 0.25) is 0 Å². The van der Waals surface area contributed by atoms with Gasteiger partial charge in [-0.25, -0.2) is 0 Å². The number of Topliss-reactive ketones (excluding diaryl/α,β-unsaturated/α-hetero) is 1. The second kappa shape index (κ2) is 9.81. The van der Waals surface area contributed by atoms with E-state index < -0.39 is 17.2 Å². The van der Waals surface area contributed by atoms with Crippen molar-refractivity contribution in [3.8, 4) is 11.9 Å². The van der Waals surface area contributed by atoms with Crippen molar-refractivity contribution in [2.75, 3.05) is 6.54 Å². The lowest BCUT2D eigenvalue weighted by Gasteiger charge is -2.18. The van der Waals surface area contributed by atoms with Crippen LogP contribution in [-0.4, -0.2) is 37.1 Å². The summed E-state index contributed by atoms with van der Waals surface area (Å²) in [6, 6.07) is 5.63.